The Balaban J connectivity index is 2.93. The first-order valence-corrected chi connectivity index (χ1v) is 6.60. The van der Waals surface area contributed by atoms with E-state index in [-0.39, 0.29) is 23.2 Å². The van der Waals surface area contributed by atoms with Crippen molar-refractivity contribution in [1.82, 2.24) is 9.47 Å². The number of carbonyl (C=O) groups excluding carboxylic acids is 2. The minimum Gasteiger partial charge on any atom is -0.364 e. The zero-order valence-electron chi connectivity index (χ0n) is 12.2. The Hall–Kier alpha value is -2.11. The average molecular weight is 277 g/mol. The molecule has 0 saturated carbocycles. The number of fused-ring (bicyclic) bond motifs is 1. The molecule has 108 valence electrons. The lowest BCUT2D eigenvalue weighted by Gasteiger charge is -2.29. The molecular formula is C14H19N3O3. The van der Waals surface area contributed by atoms with E-state index in [1.807, 2.05) is 13.8 Å². The topological polar surface area (TPSA) is 85.4 Å². The lowest BCUT2D eigenvalue weighted by Crippen LogP contribution is -2.42. The lowest BCUT2D eigenvalue weighted by molar-refractivity contribution is 0.0778. The van der Waals surface area contributed by atoms with Crippen LogP contribution >= 0.6 is 0 Å². The minimum absolute atomic E-state index is 0.173. The molecule has 0 fully saturated rings. The third kappa shape index (κ3) is 1.92. The van der Waals surface area contributed by atoms with Crippen LogP contribution in [0.1, 0.15) is 51.9 Å². The van der Waals surface area contributed by atoms with Crippen LogP contribution in [0.5, 0.6) is 0 Å². The van der Waals surface area contributed by atoms with Gasteiger partial charge >= 0.3 is 0 Å². The van der Waals surface area contributed by atoms with Crippen molar-refractivity contribution in [3.8, 4) is 0 Å². The van der Waals surface area contributed by atoms with Gasteiger partial charge in [-0.25, -0.2) is 0 Å². The van der Waals surface area contributed by atoms with E-state index in [0.29, 0.717) is 29.7 Å². The van der Waals surface area contributed by atoms with Gasteiger partial charge in [0, 0.05) is 25.2 Å². The van der Waals surface area contributed by atoms with Gasteiger partial charge in [0.2, 0.25) is 0 Å². The second-order valence-corrected chi connectivity index (χ2v) is 5.44. The van der Waals surface area contributed by atoms with Crippen molar-refractivity contribution in [2.45, 2.75) is 33.2 Å². The predicted molar refractivity (Wildman–Crippen MR) is 75.0 cm³/mol. The summed E-state index contributed by atoms with van der Waals surface area (Å²) < 4.78 is 1.40. The monoisotopic (exact) mass is 277 g/mol. The highest BCUT2D eigenvalue weighted by molar-refractivity contribution is 6.02. The van der Waals surface area contributed by atoms with Gasteiger partial charge in [0.05, 0.1) is 5.56 Å². The second kappa shape index (κ2) is 4.77. The maximum atomic E-state index is 12.4. The predicted octanol–water partition coefficient (Wildman–Crippen LogP) is 0.465. The highest BCUT2D eigenvalue weighted by Crippen LogP contribution is 2.24. The molecule has 0 spiro atoms. The van der Waals surface area contributed by atoms with Crippen molar-refractivity contribution >= 4 is 11.8 Å². The fraction of sp³-hybridized carbons (Fsp3) is 0.500. The molecule has 0 unspecified atom stereocenters. The molecule has 0 atom stereocenters. The molecule has 0 aromatic carbocycles. The number of carbonyl (C=O) groups is 2. The van der Waals surface area contributed by atoms with Gasteiger partial charge in [-0.15, -0.1) is 0 Å². The highest BCUT2D eigenvalue weighted by Gasteiger charge is 2.31. The minimum atomic E-state index is -0.663. The fourth-order valence-electron chi connectivity index (χ4n) is 2.74. The van der Waals surface area contributed by atoms with E-state index in [9.17, 15) is 14.4 Å². The summed E-state index contributed by atoms with van der Waals surface area (Å²) in [5.41, 5.74) is 6.63. The van der Waals surface area contributed by atoms with Crippen molar-refractivity contribution in [2.24, 2.45) is 5.73 Å². The molecular weight excluding hydrogens is 258 g/mol. The highest BCUT2D eigenvalue weighted by atomic mass is 16.2. The molecule has 6 heteroatoms. The Morgan fingerprint density at radius 1 is 1.30 bits per heavy atom. The number of primary amides is 1. The van der Waals surface area contributed by atoms with Crippen LogP contribution < -0.4 is 11.3 Å². The largest absolute Gasteiger partial charge is 0.364 e. The van der Waals surface area contributed by atoms with Crippen LogP contribution in [0.25, 0.3) is 0 Å². The third-order valence-corrected chi connectivity index (χ3v) is 3.75. The molecule has 2 rings (SSSR count). The zero-order valence-corrected chi connectivity index (χ0v) is 12.2. The lowest BCUT2D eigenvalue weighted by atomic mass is 9.93. The van der Waals surface area contributed by atoms with Crippen molar-refractivity contribution in [3.63, 3.8) is 0 Å². The molecule has 20 heavy (non-hydrogen) atoms. The molecule has 0 bridgehead atoms. The molecule has 1 aliphatic rings. The summed E-state index contributed by atoms with van der Waals surface area (Å²) in [5.74, 6) is -0.886. The van der Waals surface area contributed by atoms with Crippen molar-refractivity contribution in [2.75, 3.05) is 13.6 Å². The van der Waals surface area contributed by atoms with Crippen LogP contribution in [-0.4, -0.2) is 34.9 Å². The van der Waals surface area contributed by atoms with E-state index in [4.69, 9.17) is 5.73 Å². The molecule has 2 amide bonds. The Bertz CT molecular complexity index is 659. The fourth-order valence-corrected chi connectivity index (χ4v) is 2.74. The smallest absolute Gasteiger partial charge is 0.265 e. The van der Waals surface area contributed by atoms with Gasteiger partial charge in [0.25, 0.3) is 17.4 Å². The van der Waals surface area contributed by atoms with E-state index in [1.165, 1.54) is 4.57 Å². The molecule has 1 aromatic rings. The van der Waals surface area contributed by atoms with Crippen molar-refractivity contribution in [3.05, 3.63) is 32.7 Å². The summed E-state index contributed by atoms with van der Waals surface area (Å²) in [4.78, 5) is 38.1. The third-order valence-electron chi connectivity index (χ3n) is 3.75. The number of nitrogens with zero attached hydrogens (tertiary/aromatic N) is 2. The molecule has 0 radical (unpaired) electrons. The van der Waals surface area contributed by atoms with Gasteiger partial charge in [0.15, 0.2) is 0 Å². The maximum absolute atomic E-state index is 12.4. The van der Waals surface area contributed by atoms with Gasteiger partial charge < -0.3 is 15.2 Å². The van der Waals surface area contributed by atoms with Crippen molar-refractivity contribution < 1.29 is 9.59 Å². The number of nitrogens with two attached hydrogens (primary N) is 1. The first-order valence-electron chi connectivity index (χ1n) is 6.60. The normalized spacial score (nSPS) is 14.7. The number of hydrogen-bond donors (Lipinski definition) is 1. The van der Waals surface area contributed by atoms with Crippen LogP contribution in [0.3, 0.4) is 0 Å². The SMILES string of the molecule is Cc1c2c(c(C(N)=O)n(C(C)C)c1=O)CCN(C)C2=O. The first kappa shape index (κ1) is 14.3. The summed E-state index contributed by atoms with van der Waals surface area (Å²) in [6.45, 7) is 5.77. The van der Waals surface area contributed by atoms with E-state index >= 15 is 0 Å². The Morgan fingerprint density at radius 3 is 2.40 bits per heavy atom. The summed E-state index contributed by atoms with van der Waals surface area (Å²) in [5, 5.41) is 0. The van der Waals surface area contributed by atoms with Crippen LogP contribution in [-0.2, 0) is 6.42 Å². The summed E-state index contributed by atoms with van der Waals surface area (Å²) in [6.07, 6.45) is 0.531. The molecule has 2 N–H and O–H groups in total. The number of hydrogen-bond acceptors (Lipinski definition) is 3. The van der Waals surface area contributed by atoms with Gasteiger partial charge in [-0.3, -0.25) is 14.4 Å². The Kier molecular flexibility index (Phi) is 3.41. The summed E-state index contributed by atoms with van der Waals surface area (Å²) in [7, 11) is 1.68. The Morgan fingerprint density at radius 2 is 1.90 bits per heavy atom. The van der Waals surface area contributed by atoms with E-state index in [2.05, 4.69) is 0 Å². The van der Waals surface area contributed by atoms with Crippen LogP contribution in [0.2, 0.25) is 0 Å². The number of aromatic nitrogens is 1. The van der Waals surface area contributed by atoms with E-state index in [1.54, 1.807) is 18.9 Å². The van der Waals surface area contributed by atoms with E-state index < -0.39 is 5.91 Å². The average Bonchev–Trinajstić information content (AvgIpc) is 2.36. The number of pyridine rings is 1. The van der Waals surface area contributed by atoms with Crippen molar-refractivity contribution in [1.29, 1.82) is 0 Å². The number of likely N-dealkylation sites (N-methyl/N-ethyl adjacent to an activating group) is 1. The zero-order chi connectivity index (χ0) is 15.2. The first-order chi connectivity index (χ1) is 9.27. The quantitative estimate of drug-likeness (QED) is 0.852. The molecule has 2 heterocycles. The van der Waals surface area contributed by atoms with Gasteiger partial charge in [-0.05, 0) is 32.8 Å². The van der Waals surface area contributed by atoms with Gasteiger partial charge in [-0.2, -0.15) is 0 Å². The van der Waals surface area contributed by atoms with Gasteiger partial charge in [-0.1, -0.05) is 0 Å². The molecule has 1 aromatic heterocycles. The van der Waals surface area contributed by atoms with Gasteiger partial charge in [0.1, 0.15) is 5.69 Å². The molecule has 6 nitrogen and oxygen atoms in total. The van der Waals surface area contributed by atoms with Crippen LogP contribution in [0.15, 0.2) is 4.79 Å². The maximum Gasteiger partial charge on any atom is 0.265 e. The Labute approximate surface area is 117 Å². The standard InChI is InChI=1S/C14H19N3O3/c1-7(2)17-11(12(15)18)9-5-6-16(4)14(20)10(9)8(3)13(17)19/h7H,5-6H2,1-4H3,(H2,15,18). The molecule has 0 aliphatic carbocycles. The second-order valence-electron chi connectivity index (χ2n) is 5.44. The number of rotatable bonds is 2. The molecule has 0 saturated heterocycles. The van der Waals surface area contributed by atoms with E-state index in [0.717, 1.165) is 0 Å². The number of amides is 2. The summed E-state index contributed by atoms with van der Waals surface area (Å²) in [6, 6.07) is -0.191. The van der Waals surface area contributed by atoms with Crippen LogP contribution in [0, 0.1) is 6.92 Å². The molecule has 1 aliphatic heterocycles. The summed E-state index contributed by atoms with van der Waals surface area (Å²) >= 11 is 0. The van der Waals surface area contributed by atoms with Crippen LogP contribution in [0.4, 0.5) is 0 Å².